The Kier molecular flexibility index (Phi) is 2.56. The molecule has 0 amide bonds. The zero-order chi connectivity index (χ0) is 10.1. The van der Waals surface area contributed by atoms with Crippen molar-refractivity contribution in [2.24, 2.45) is 5.92 Å². The van der Waals surface area contributed by atoms with Crippen LogP contribution in [-0.2, 0) is 4.79 Å². The molecule has 1 N–H and O–H groups in total. The Morgan fingerprint density at radius 2 is 2.50 bits per heavy atom. The van der Waals surface area contributed by atoms with Gasteiger partial charge in [0.1, 0.15) is 0 Å². The van der Waals surface area contributed by atoms with Crippen LogP contribution in [0.25, 0.3) is 0 Å². The molecule has 1 aliphatic heterocycles. The molecule has 1 aromatic heterocycles. The third-order valence-corrected chi connectivity index (χ3v) is 3.53. The zero-order valence-electron chi connectivity index (χ0n) is 8.01. The second kappa shape index (κ2) is 3.71. The van der Waals surface area contributed by atoms with E-state index in [0.29, 0.717) is 12.6 Å². The first-order chi connectivity index (χ1) is 6.68. The van der Waals surface area contributed by atoms with E-state index in [0.717, 1.165) is 6.42 Å². The van der Waals surface area contributed by atoms with Crippen molar-refractivity contribution in [2.45, 2.75) is 12.5 Å². The summed E-state index contributed by atoms with van der Waals surface area (Å²) in [4.78, 5) is 13.0. The predicted octanol–water partition coefficient (Wildman–Crippen LogP) is 1.83. The summed E-state index contributed by atoms with van der Waals surface area (Å²) in [6.07, 6.45) is 0.739. The fraction of sp³-hybridized carbons (Fsp3) is 0.500. The van der Waals surface area contributed by atoms with E-state index in [9.17, 15) is 4.79 Å². The SMILES string of the molecule is CN1C[C@H](C(=O)O)C[C@H]1c1ccsc1. The van der Waals surface area contributed by atoms with Gasteiger partial charge in [-0.1, -0.05) is 0 Å². The Labute approximate surface area is 87.0 Å². The fourth-order valence-electron chi connectivity index (χ4n) is 2.03. The van der Waals surface area contributed by atoms with Gasteiger partial charge in [0.25, 0.3) is 0 Å². The number of carboxylic acids is 1. The van der Waals surface area contributed by atoms with Crippen LogP contribution in [0, 0.1) is 5.92 Å². The lowest BCUT2D eigenvalue weighted by Gasteiger charge is -2.17. The van der Waals surface area contributed by atoms with Crippen LogP contribution in [0.15, 0.2) is 16.8 Å². The smallest absolute Gasteiger partial charge is 0.307 e. The van der Waals surface area contributed by atoms with Crippen molar-refractivity contribution in [3.63, 3.8) is 0 Å². The van der Waals surface area contributed by atoms with Gasteiger partial charge in [-0.3, -0.25) is 9.69 Å². The number of likely N-dealkylation sites (tertiary alicyclic amines) is 1. The Bertz CT molecular complexity index is 323. The molecule has 3 nitrogen and oxygen atoms in total. The van der Waals surface area contributed by atoms with Crippen LogP contribution >= 0.6 is 11.3 Å². The van der Waals surface area contributed by atoms with Gasteiger partial charge in [0.15, 0.2) is 0 Å². The third kappa shape index (κ3) is 1.67. The summed E-state index contributed by atoms with van der Waals surface area (Å²) in [7, 11) is 1.99. The molecule has 14 heavy (non-hydrogen) atoms. The lowest BCUT2D eigenvalue weighted by molar-refractivity contribution is -0.141. The van der Waals surface area contributed by atoms with E-state index >= 15 is 0 Å². The largest absolute Gasteiger partial charge is 0.481 e. The average Bonchev–Trinajstić information content (AvgIpc) is 2.71. The highest BCUT2D eigenvalue weighted by atomic mass is 32.1. The van der Waals surface area contributed by atoms with Crippen LogP contribution < -0.4 is 0 Å². The maximum atomic E-state index is 10.8. The molecule has 2 heterocycles. The average molecular weight is 211 g/mol. The molecular weight excluding hydrogens is 198 g/mol. The van der Waals surface area contributed by atoms with Crippen LogP contribution in [0.4, 0.5) is 0 Å². The molecule has 0 aliphatic carbocycles. The van der Waals surface area contributed by atoms with Crippen LogP contribution in [0.3, 0.4) is 0 Å². The van der Waals surface area contributed by atoms with Gasteiger partial charge in [0, 0.05) is 12.6 Å². The van der Waals surface area contributed by atoms with Gasteiger partial charge < -0.3 is 5.11 Å². The number of aliphatic carboxylic acids is 1. The van der Waals surface area contributed by atoms with Crippen LogP contribution in [0.2, 0.25) is 0 Å². The van der Waals surface area contributed by atoms with Gasteiger partial charge in [-0.2, -0.15) is 11.3 Å². The first kappa shape index (κ1) is 9.68. The zero-order valence-corrected chi connectivity index (χ0v) is 8.83. The summed E-state index contributed by atoms with van der Waals surface area (Å²) in [5, 5.41) is 13.1. The van der Waals surface area contributed by atoms with E-state index in [1.54, 1.807) is 11.3 Å². The molecule has 1 saturated heterocycles. The Morgan fingerprint density at radius 1 is 1.71 bits per heavy atom. The summed E-state index contributed by atoms with van der Waals surface area (Å²) in [6.45, 7) is 0.663. The summed E-state index contributed by atoms with van der Waals surface area (Å²) in [6, 6.07) is 2.37. The number of hydrogen-bond donors (Lipinski definition) is 1. The molecular formula is C10H13NO2S. The summed E-state index contributed by atoms with van der Waals surface area (Å²) >= 11 is 1.66. The quantitative estimate of drug-likeness (QED) is 0.811. The third-order valence-electron chi connectivity index (χ3n) is 2.83. The molecule has 4 heteroatoms. The maximum Gasteiger partial charge on any atom is 0.307 e. The normalized spacial score (nSPS) is 28.1. The highest BCUT2D eigenvalue weighted by Crippen LogP contribution is 2.34. The molecule has 2 rings (SSSR count). The minimum absolute atomic E-state index is 0.204. The number of carboxylic acid groups (broad SMARTS) is 1. The molecule has 0 radical (unpaired) electrons. The van der Waals surface area contributed by atoms with Gasteiger partial charge in [0.2, 0.25) is 0 Å². The van der Waals surface area contributed by atoms with E-state index in [-0.39, 0.29) is 5.92 Å². The summed E-state index contributed by atoms with van der Waals surface area (Å²) in [5.74, 6) is -0.875. The van der Waals surface area contributed by atoms with Crippen molar-refractivity contribution < 1.29 is 9.90 Å². The fourth-order valence-corrected chi connectivity index (χ4v) is 2.74. The van der Waals surface area contributed by atoms with E-state index in [2.05, 4.69) is 16.3 Å². The molecule has 2 atom stereocenters. The van der Waals surface area contributed by atoms with Crippen molar-refractivity contribution >= 4 is 17.3 Å². The standard InChI is InChI=1S/C10H13NO2S/c1-11-5-8(10(12)13)4-9(11)7-2-3-14-6-7/h2-3,6,8-9H,4-5H2,1H3,(H,12,13)/t8-,9+/m1/s1. The first-order valence-electron chi connectivity index (χ1n) is 4.63. The molecule has 0 unspecified atom stereocenters. The van der Waals surface area contributed by atoms with Gasteiger partial charge in [-0.05, 0) is 35.9 Å². The van der Waals surface area contributed by atoms with Crippen molar-refractivity contribution in [3.8, 4) is 0 Å². The topological polar surface area (TPSA) is 40.5 Å². The van der Waals surface area contributed by atoms with Crippen molar-refractivity contribution in [1.82, 2.24) is 4.90 Å². The molecule has 1 aliphatic rings. The van der Waals surface area contributed by atoms with Crippen molar-refractivity contribution in [1.29, 1.82) is 0 Å². The van der Waals surface area contributed by atoms with Crippen LogP contribution in [0.5, 0.6) is 0 Å². The Balaban J connectivity index is 2.12. The number of nitrogens with zero attached hydrogens (tertiary/aromatic N) is 1. The lowest BCUT2D eigenvalue weighted by Crippen LogP contribution is -2.20. The first-order valence-corrected chi connectivity index (χ1v) is 5.58. The number of rotatable bonds is 2. The van der Waals surface area contributed by atoms with E-state index in [1.165, 1.54) is 5.56 Å². The Morgan fingerprint density at radius 3 is 3.00 bits per heavy atom. The highest BCUT2D eigenvalue weighted by Gasteiger charge is 2.34. The minimum Gasteiger partial charge on any atom is -0.481 e. The van der Waals surface area contributed by atoms with E-state index < -0.39 is 5.97 Å². The number of thiophene rings is 1. The lowest BCUT2D eigenvalue weighted by atomic mass is 10.0. The molecule has 0 saturated carbocycles. The van der Waals surface area contributed by atoms with Gasteiger partial charge in [0.05, 0.1) is 5.92 Å². The van der Waals surface area contributed by atoms with E-state index in [1.807, 2.05) is 12.4 Å². The number of hydrogen-bond acceptors (Lipinski definition) is 3. The van der Waals surface area contributed by atoms with Gasteiger partial charge in [-0.25, -0.2) is 0 Å². The number of carbonyl (C=O) groups is 1. The summed E-state index contributed by atoms with van der Waals surface area (Å²) in [5.41, 5.74) is 1.25. The van der Waals surface area contributed by atoms with Gasteiger partial charge >= 0.3 is 5.97 Å². The molecule has 1 fully saturated rings. The molecule has 76 valence electrons. The molecule has 0 aromatic carbocycles. The monoisotopic (exact) mass is 211 g/mol. The summed E-state index contributed by atoms with van der Waals surface area (Å²) < 4.78 is 0. The highest BCUT2D eigenvalue weighted by molar-refractivity contribution is 7.07. The molecule has 0 spiro atoms. The second-order valence-electron chi connectivity index (χ2n) is 3.78. The van der Waals surface area contributed by atoms with Crippen molar-refractivity contribution in [3.05, 3.63) is 22.4 Å². The van der Waals surface area contributed by atoms with E-state index in [4.69, 9.17) is 5.11 Å². The minimum atomic E-state index is -0.672. The molecule has 1 aromatic rings. The Hall–Kier alpha value is -0.870. The van der Waals surface area contributed by atoms with Crippen LogP contribution in [-0.4, -0.2) is 29.6 Å². The molecule has 0 bridgehead atoms. The van der Waals surface area contributed by atoms with Crippen LogP contribution in [0.1, 0.15) is 18.0 Å². The van der Waals surface area contributed by atoms with Crippen molar-refractivity contribution in [2.75, 3.05) is 13.6 Å². The maximum absolute atomic E-state index is 10.8. The predicted molar refractivity (Wildman–Crippen MR) is 55.4 cm³/mol. The van der Waals surface area contributed by atoms with Gasteiger partial charge in [-0.15, -0.1) is 0 Å². The second-order valence-corrected chi connectivity index (χ2v) is 4.56.